The first-order valence-electron chi connectivity index (χ1n) is 7.33. The average molecular weight is 350 g/mol. The summed E-state index contributed by atoms with van der Waals surface area (Å²) in [5.74, 6) is -0.606. The summed E-state index contributed by atoms with van der Waals surface area (Å²) in [6.07, 6.45) is -0.205. The van der Waals surface area contributed by atoms with Crippen LogP contribution in [0, 0.1) is 0 Å². The molecule has 25 heavy (non-hydrogen) atoms. The molecule has 1 heterocycles. The van der Waals surface area contributed by atoms with Crippen LogP contribution in [0.25, 0.3) is 22.3 Å². The van der Waals surface area contributed by atoms with Crippen molar-refractivity contribution in [3.05, 3.63) is 46.6 Å². The summed E-state index contributed by atoms with van der Waals surface area (Å²) in [6.45, 7) is 3.58. The molecule has 6 nitrogen and oxygen atoms in total. The van der Waals surface area contributed by atoms with Crippen LogP contribution < -0.4 is 44.8 Å². The minimum atomic E-state index is -0.366. The Bertz CT molecular complexity index is 977. The maximum Gasteiger partial charge on any atom is 1.00 e. The molecular weight excluding hydrogens is 335 g/mol. The number of hydrogen-bond donors (Lipinski definition) is 2. The zero-order valence-electron chi connectivity index (χ0n) is 14.1. The van der Waals surface area contributed by atoms with Gasteiger partial charge < -0.3 is 24.5 Å². The third kappa shape index (κ3) is 3.92. The summed E-state index contributed by atoms with van der Waals surface area (Å²) in [7, 11) is 0. The summed E-state index contributed by atoms with van der Waals surface area (Å²) >= 11 is 0. The van der Waals surface area contributed by atoms with Gasteiger partial charge in [0, 0.05) is 11.6 Å². The van der Waals surface area contributed by atoms with E-state index in [1.54, 1.807) is 13.8 Å². The summed E-state index contributed by atoms with van der Waals surface area (Å²) < 4.78 is 11.2. The molecule has 0 amide bonds. The molecule has 0 saturated heterocycles. The summed E-state index contributed by atoms with van der Waals surface area (Å²) in [5, 5.41) is 31.0. The molecule has 3 aromatic rings. The van der Waals surface area contributed by atoms with E-state index in [-0.39, 0.29) is 80.8 Å². The zero-order valence-corrected chi connectivity index (χ0v) is 16.1. The van der Waals surface area contributed by atoms with Crippen LogP contribution >= 0.6 is 0 Å². The van der Waals surface area contributed by atoms with Crippen molar-refractivity contribution in [2.45, 2.75) is 20.0 Å². The van der Waals surface area contributed by atoms with Crippen molar-refractivity contribution in [1.82, 2.24) is 0 Å². The third-order valence-electron chi connectivity index (χ3n) is 3.39. The van der Waals surface area contributed by atoms with E-state index in [0.717, 1.165) is 0 Å². The molecule has 0 aliphatic rings. The number of phenols is 2. The average Bonchev–Trinajstić information content (AvgIpc) is 2.48. The Morgan fingerprint density at radius 1 is 1.08 bits per heavy atom. The van der Waals surface area contributed by atoms with Crippen molar-refractivity contribution in [2.75, 3.05) is 0 Å². The Kier molecular flexibility index (Phi) is 5.67. The second-order valence-electron chi connectivity index (χ2n) is 5.64. The topological polar surface area (TPSA) is 103 Å². The monoisotopic (exact) mass is 350 g/mol. The maximum atomic E-state index is 12.5. The second kappa shape index (κ2) is 7.39. The molecule has 0 saturated carbocycles. The van der Waals surface area contributed by atoms with Gasteiger partial charge in [-0.3, -0.25) is 4.79 Å². The van der Waals surface area contributed by atoms with Gasteiger partial charge in [0.1, 0.15) is 22.5 Å². The van der Waals surface area contributed by atoms with Crippen molar-refractivity contribution in [3.63, 3.8) is 0 Å². The minimum absolute atomic E-state index is 0. The van der Waals surface area contributed by atoms with E-state index >= 15 is 0 Å². The van der Waals surface area contributed by atoms with Gasteiger partial charge in [0.15, 0.2) is 16.9 Å². The van der Waals surface area contributed by atoms with Gasteiger partial charge in [-0.2, -0.15) is 0 Å². The molecule has 0 radical (unpaired) electrons. The zero-order chi connectivity index (χ0) is 17.4. The van der Waals surface area contributed by atoms with E-state index in [4.69, 9.17) is 9.15 Å². The molecule has 0 spiro atoms. The van der Waals surface area contributed by atoms with Crippen LogP contribution in [0.3, 0.4) is 0 Å². The number of benzene rings is 2. The number of rotatable bonds is 3. The van der Waals surface area contributed by atoms with Gasteiger partial charge in [-0.15, -0.1) is 5.75 Å². The van der Waals surface area contributed by atoms with Crippen molar-refractivity contribution in [3.8, 4) is 34.3 Å². The second-order valence-corrected chi connectivity index (χ2v) is 5.64. The molecular formula is C18H15NaO6. The smallest absolute Gasteiger partial charge is 0.872 e. The fourth-order valence-electron chi connectivity index (χ4n) is 2.39. The van der Waals surface area contributed by atoms with E-state index in [0.29, 0.717) is 5.56 Å². The normalized spacial score (nSPS) is 10.7. The molecule has 0 atom stereocenters. The van der Waals surface area contributed by atoms with Gasteiger partial charge in [-0.25, -0.2) is 0 Å². The Balaban J connectivity index is 0.00000225. The van der Waals surface area contributed by atoms with Gasteiger partial charge in [0.2, 0.25) is 0 Å². The molecule has 0 unspecified atom stereocenters. The Morgan fingerprint density at radius 2 is 1.80 bits per heavy atom. The fraction of sp³-hybridized carbons (Fsp3) is 0.167. The SMILES string of the molecule is CC(C)Oc1cc([O-])cc2oc(-c3ccc(O)c(O)c3)cc(=O)c12.[Na+]. The van der Waals surface area contributed by atoms with Gasteiger partial charge >= 0.3 is 29.6 Å². The quantitative estimate of drug-likeness (QED) is 0.498. The predicted molar refractivity (Wildman–Crippen MR) is 86.5 cm³/mol. The standard InChI is InChI=1S/C18H16O6.Na/c1-9(2)23-16-6-11(19)7-17-18(16)14(22)8-15(24-17)10-3-4-12(20)13(21)5-10;/h3-9,19-21H,1-2H3;/q;+1/p-1. The van der Waals surface area contributed by atoms with E-state index in [2.05, 4.69) is 0 Å². The number of aromatic hydroxyl groups is 2. The van der Waals surface area contributed by atoms with Crippen LogP contribution in [-0.4, -0.2) is 16.3 Å². The summed E-state index contributed by atoms with van der Waals surface area (Å²) in [6, 6.07) is 7.77. The van der Waals surface area contributed by atoms with Gasteiger partial charge in [0.05, 0.1) is 6.10 Å². The van der Waals surface area contributed by atoms with Gasteiger partial charge in [-0.05, 0) is 44.2 Å². The van der Waals surface area contributed by atoms with E-state index in [1.807, 2.05) is 0 Å². The van der Waals surface area contributed by atoms with Gasteiger partial charge in [-0.1, -0.05) is 0 Å². The Hall–Kier alpha value is -2.15. The number of ether oxygens (including phenoxy) is 1. The number of hydrogen-bond acceptors (Lipinski definition) is 6. The largest absolute Gasteiger partial charge is 1.00 e. The van der Waals surface area contributed by atoms with E-state index in [9.17, 15) is 20.1 Å². The molecule has 2 aromatic carbocycles. The molecule has 124 valence electrons. The van der Waals surface area contributed by atoms with Crippen LogP contribution in [0.15, 0.2) is 45.6 Å². The van der Waals surface area contributed by atoms with Crippen LogP contribution in [0.2, 0.25) is 0 Å². The van der Waals surface area contributed by atoms with Crippen molar-refractivity contribution >= 4 is 11.0 Å². The molecule has 7 heteroatoms. The first-order chi connectivity index (χ1) is 11.3. The van der Waals surface area contributed by atoms with Crippen molar-refractivity contribution in [1.29, 1.82) is 0 Å². The summed E-state index contributed by atoms with van der Waals surface area (Å²) in [4.78, 5) is 12.5. The number of fused-ring (bicyclic) bond motifs is 1. The van der Waals surface area contributed by atoms with Crippen LogP contribution in [0.1, 0.15) is 13.8 Å². The third-order valence-corrected chi connectivity index (χ3v) is 3.39. The predicted octanol–water partition coefficient (Wildman–Crippen LogP) is -0.264. The molecule has 0 aliphatic heterocycles. The molecule has 2 N–H and O–H groups in total. The van der Waals surface area contributed by atoms with E-state index in [1.165, 1.54) is 36.4 Å². The molecule has 1 aromatic heterocycles. The van der Waals surface area contributed by atoms with Crippen molar-refractivity contribution < 1.29 is 54.0 Å². The fourth-order valence-corrected chi connectivity index (χ4v) is 2.39. The summed E-state index contributed by atoms with van der Waals surface area (Å²) in [5.41, 5.74) is 0.134. The van der Waals surface area contributed by atoms with Gasteiger partial charge in [0.25, 0.3) is 0 Å². The molecule has 3 rings (SSSR count). The molecule has 0 aliphatic carbocycles. The van der Waals surface area contributed by atoms with Crippen LogP contribution in [0.4, 0.5) is 0 Å². The van der Waals surface area contributed by atoms with Crippen molar-refractivity contribution in [2.24, 2.45) is 0 Å². The van der Waals surface area contributed by atoms with Crippen LogP contribution in [0.5, 0.6) is 23.0 Å². The first kappa shape index (κ1) is 19.2. The first-order valence-corrected chi connectivity index (χ1v) is 7.33. The Morgan fingerprint density at radius 3 is 2.44 bits per heavy atom. The van der Waals surface area contributed by atoms with E-state index < -0.39 is 0 Å². The number of phenolic OH excluding ortho intramolecular Hbond substituents is 2. The molecule has 0 bridgehead atoms. The molecule has 0 fully saturated rings. The minimum Gasteiger partial charge on any atom is -0.872 e. The maximum absolute atomic E-state index is 12.5. The van der Waals surface area contributed by atoms with Crippen LogP contribution in [-0.2, 0) is 0 Å². The Labute approximate surface area is 165 Å².